The van der Waals surface area contributed by atoms with Crippen LogP contribution < -0.4 is 16.0 Å². The third-order valence-electron chi connectivity index (χ3n) is 13.2. The third kappa shape index (κ3) is 11.3. The second kappa shape index (κ2) is 21.6. The first-order chi connectivity index (χ1) is 35.0. The van der Waals surface area contributed by atoms with Crippen molar-refractivity contribution >= 4 is 76.3 Å². The molecule has 3 aromatic carbocycles. The highest BCUT2D eigenvalue weighted by Gasteiger charge is 2.51. The third-order valence-corrected chi connectivity index (χ3v) is 15.3. The fourth-order valence-corrected chi connectivity index (χ4v) is 10.7. The van der Waals surface area contributed by atoms with Gasteiger partial charge in [0, 0.05) is 54.7 Å². The van der Waals surface area contributed by atoms with Gasteiger partial charge in [0.05, 0.1) is 35.3 Å². The fourth-order valence-electron chi connectivity index (χ4n) is 9.28. The van der Waals surface area contributed by atoms with E-state index in [1.165, 1.54) is 23.1 Å². The average molecular weight is 1060 g/mol. The Morgan fingerprint density at radius 2 is 1.74 bits per heavy atom. The van der Waals surface area contributed by atoms with Crippen LogP contribution in [0.25, 0.3) is 10.1 Å². The van der Waals surface area contributed by atoms with Crippen LogP contribution in [0.1, 0.15) is 106 Å². The molecule has 4 aliphatic rings. The summed E-state index contributed by atoms with van der Waals surface area (Å²) in [6.45, 7) is 5.47. The van der Waals surface area contributed by atoms with Crippen LogP contribution in [-0.4, -0.2) is 135 Å². The van der Waals surface area contributed by atoms with Gasteiger partial charge in [-0.05, 0) is 59.5 Å². The molecule has 390 valence electrons. The molecule has 3 fully saturated rings. The number of likely N-dealkylation sites (tertiary alicyclic amines) is 1. The van der Waals surface area contributed by atoms with Crippen molar-refractivity contribution < 1.29 is 71.0 Å². The molecule has 0 spiro atoms. The minimum atomic E-state index is -5.87. The lowest BCUT2D eigenvalue weighted by molar-refractivity contribution is -0.150. The maximum atomic E-state index is 14.8. The molecule has 3 saturated heterocycles. The van der Waals surface area contributed by atoms with E-state index in [4.69, 9.17) is 9.47 Å². The quantitative estimate of drug-likeness (QED) is 0.0514. The summed E-state index contributed by atoms with van der Waals surface area (Å²) >= 11 is 0.924. The van der Waals surface area contributed by atoms with E-state index in [2.05, 4.69) is 27.8 Å². The highest BCUT2D eigenvalue weighted by Crippen LogP contribution is 2.59. The second-order valence-corrected chi connectivity index (χ2v) is 22.1. The van der Waals surface area contributed by atoms with Crippen molar-refractivity contribution in [2.45, 2.75) is 88.9 Å². The number of morpholine rings is 1. The van der Waals surface area contributed by atoms with Crippen molar-refractivity contribution in [1.29, 1.82) is 0 Å². The number of imide groups is 2. The molecule has 4 aromatic rings. The summed E-state index contributed by atoms with van der Waals surface area (Å²) in [6, 6.07) is 14.9. The Hall–Kier alpha value is -6.73. The number of thiophene rings is 1. The number of halogens is 2. The molecule has 23 heteroatoms. The van der Waals surface area contributed by atoms with E-state index >= 15 is 0 Å². The van der Waals surface area contributed by atoms with Crippen LogP contribution in [0.4, 0.5) is 8.78 Å². The molecule has 0 aliphatic carbocycles. The lowest BCUT2D eigenvalue weighted by Crippen LogP contribution is -2.58. The number of rotatable bonds is 14. The highest BCUT2D eigenvalue weighted by molar-refractivity contribution is 7.52. The van der Waals surface area contributed by atoms with Gasteiger partial charge in [-0.3, -0.25) is 53.1 Å². The summed E-state index contributed by atoms with van der Waals surface area (Å²) < 4.78 is 53.1. The summed E-state index contributed by atoms with van der Waals surface area (Å²) in [7, 11) is -5.87. The number of hydrogen-bond acceptors (Lipinski definition) is 12. The van der Waals surface area contributed by atoms with E-state index in [1.54, 1.807) is 37.8 Å². The lowest BCUT2D eigenvalue weighted by atomic mass is 9.85. The van der Waals surface area contributed by atoms with Crippen LogP contribution in [0.15, 0.2) is 72.8 Å². The number of ether oxygens (including phenoxy) is 2. The Labute approximate surface area is 427 Å². The molecule has 0 saturated carbocycles. The Bertz CT molecular complexity index is 3040. The van der Waals surface area contributed by atoms with Crippen LogP contribution >= 0.6 is 18.9 Å². The van der Waals surface area contributed by atoms with Gasteiger partial charge in [-0.2, -0.15) is 8.78 Å². The number of fused-ring (bicyclic) bond motifs is 2. The van der Waals surface area contributed by atoms with Gasteiger partial charge >= 0.3 is 13.3 Å². The zero-order chi connectivity index (χ0) is 53.3. The number of carbonyl (C=O) groups excluding carboxylic acids is 8. The van der Waals surface area contributed by atoms with Crippen molar-refractivity contribution in [3.8, 4) is 11.8 Å². The van der Waals surface area contributed by atoms with Crippen LogP contribution in [-0.2, 0) is 43.7 Å². The number of hydrogen-bond donors (Lipinski definition) is 5. The number of amides is 8. The SMILES string of the molecule is CC(C)(C)[C@H](NC(=O)c1cc2cc(C(F)(F)P(=O)(O)O)ccc2s1)C(=O)N1C[C@@H](OCC(=O)NCCCC#Cc2cccc3c2C(=O)N(C2CCC(=O)NC2=O)C3=O)C[C@H]1C(=O)N1CCO[C@H](c2ccccc2)C1. The predicted molar refractivity (Wildman–Crippen MR) is 262 cm³/mol. The molecule has 8 rings (SSSR count). The molecule has 8 amide bonds. The first-order valence-electron chi connectivity index (χ1n) is 23.8. The summed E-state index contributed by atoms with van der Waals surface area (Å²) in [6.07, 6.45) is -0.522. The Morgan fingerprint density at radius 3 is 2.46 bits per heavy atom. The summed E-state index contributed by atoms with van der Waals surface area (Å²) in [5, 5.41) is 7.84. The first kappa shape index (κ1) is 53.6. The summed E-state index contributed by atoms with van der Waals surface area (Å²) in [5.41, 5.74) is -5.02. The number of nitrogens with one attached hydrogen (secondary N) is 3. The predicted octanol–water partition coefficient (Wildman–Crippen LogP) is 4.21. The summed E-state index contributed by atoms with van der Waals surface area (Å²) in [4.78, 5) is 130. The van der Waals surface area contributed by atoms with Crippen molar-refractivity contribution in [1.82, 2.24) is 30.7 Å². The molecule has 5 atom stereocenters. The molecule has 5 N–H and O–H groups in total. The van der Waals surface area contributed by atoms with Crippen molar-refractivity contribution in [3.05, 3.63) is 105 Å². The minimum absolute atomic E-state index is 0.0126. The Balaban J connectivity index is 0.912. The van der Waals surface area contributed by atoms with Crippen LogP contribution in [0, 0.1) is 17.3 Å². The van der Waals surface area contributed by atoms with Crippen LogP contribution in [0.3, 0.4) is 0 Å². The van der Waals surface area contributed by atoms with Crippen molar-refractivity contribution in [3.63, 3.8) is 0 Å². The van der Waals surface area contributed by atoms with Gasteiger partial charge in [-0.15, -0.1) is 11.3 Å². The molecular weight excluding hydrogens is 1010 g/mol. The van der Waals surface area contributed by atoms with E-state index in [0.717, 1.165) is 33.9 Å². The maximum absolute atomic E-state index is 14.8. The fraction of sp³-hybridized carbons (Fsp3) is 0.412. The van der Waals surface area contributed by atoms with E-state index in [9.17, 15) is 61.5 Å². The van der Waals surface area contributed by atoms with E-state index in [1.807, 2.05) is 30.3 Å². The molecule has 19 nitrogen and oxygen atoms in total. The molecule has 5 heterocycles. The van der Waals surface area contributed by atoms with E-state index < -0.39 is 103 Å². The number of piperidine rings is 1. The van der Waals surface area contributed by atoms with Gasteiger partial charge in [0.1, 0.15) is 30.8 Å². The number of benzene rings is 3. The van der Waals surface area contributed by atoms with Gasteiger partial charge in [-0.1, -0.05) is 75.1 Å². The number of carbonyl (C=O) groups is 8. The monoisotopic (exact) mass is 1060 g/mol. The van der Waals surface area contributed by atoms with Crippen molar-refractivity contribution in [2.75, 3.05) is 39.4 Å². The standard InChI is InChI=1S/C51H53F2N6O13PS/c1-50(2,3)43(56-45(63)39-24-31-23-32(16-18-38(31)74-39)51(52,53)73(68,69)70)49(67)58-26-33(25-36(58)47(65)57-21-22-71-37(27-57)29-11-6-4-7-12-29)72-28-41(61)54-20-9-5-8-13-30-14-10-15-34-42(30)48(66)59(46(34)64)35-17-19-40(60)55-44(35)62/h4,6-7,10-12,14-16,18,23-24,33,35-37,43H,5,9,17,19-22,25-28H2,1-3H3,(H,54,61)(H,56,63)(H,55,60,62)(H2,68,69,70)/t33-,35?,36-,37-,43+/m0/s1. The molecule has 4 aliphatic heterocycles. The number of unbranched alkanes of at least 4 members (excludes halogenated alkanes) is 1. The Kier molecular flexibility index (Phi) is 15.6. The topological polar surface area (TPSA) is 258 Å². The van der Waals surface area contributed by atoms with E-state index in [0.29, 0.717) is 16.7 Å². The Morgan fingerprint density at radius 1 is 0.986 bits per heavy atom. The molecule has 0 radical (unpaired) electrons. The van der Waals surface area contributed by atoms with Crippen molar-refractivity contribution in [2.24, 2.45) is 5.41 Å². The molecule has 1 unspecified atom stereocenters. The van der Waals surface area contributed by atoms with Crippen LogP contribution in [0.5, 0.6) is 0 Å². The smallest absolute Gasteiger partial charge is 0.370 e. The number of alkyl halides is 2. The van der Waals surface area contributed by atoms with Gasteiger partial charge < -0.3 is 39.7 Å². The average Bonchev–Trinajstić information content (AvgIpc) is 4.07. The molecular formula is C51H53F2N6O13PS. The normalized spacial score (nSPS) is 20.7. The highest BCUT2D eigenvalue weighted by atomic mass is 32.1. The van der Waals surface area contributed by atoms with Gasteiger partial charge in [0.25, 0.3) is 17.7 Å². The molecule has 74 heavy (non-hydrogen) atoms. The van der Waals surface area contributed by atoms with E-state index in [-0.39, 0.29) is 85.8 Å². The van der Waals surface area contributed by atoms with Gasteiger partial charge in [0.2, 0.25) is 29.5 Å². The zero-order valence-corrected chi connectivity index (χ0v) is 42.1. The second-order valence-electron chi connectivity index (χ2n) is 19.4. The van der Waals surface area contributed by atoms with Crippen LogP contribution in [0.2, 0.25) is 0 Å². The minimum Gasteiger partial charge on any atom is -0.370 e. The van der Waals surface area contributed by atoms with Gasteiger partial charge in [-0.25, -0.2) is 0 Å². The zero-order valence-electron chi connectivity index (χ0n) is 40.4. The summed E-state index contributed by atoms with van der Waals surface area (Å²) in [5.74, 6) is 1.16. The maximum Gasteiger partial charge on any atom is 0.399 e. The van der Waals surface area contributed by atoms with Gasteiger partial charge in [0.15, 0.2) is 0 Å². The first-order valence-corrected chi connectivity index (χ1v) is 26.2. The molecule has 0 bridgehead atoms. The molecule has 1 aromatic heterocycles. The largest absolute Gasteiger partial charge is 0.399 e. The lowest BCUT2D eigenvalue weighted by Gasteiger charge is -2.38. The number of nitrogens with zero attached hydrogens (tertiary/aromatic N) is 3.